The van der Waals surface area contributed by atoms with E-state index in [9.17, 15) is 15.0 Å². The van der Waals surface area contributed by atoms with Crippen LogP contribution in [0.1, 0.15) is 53.6 Å². The van der Waals surface area contributed by atoms with Crippen LogP contribution in [0.2, 0.25) is 0 Å². The summed E-state index contributed by atoms with van der Waals surface area (Å²) in [6.45, 7) is 1.03. The Bertz CT molecular complexity index is 608. The molecule has 2 fully saturated rings. The molecule has 3 N–H and O–H groups in total. The number of benzene rings is 1. The van der Waals surface area contributed by atoms with Crippen molar-refractivity contribution in [1.29, 1.82) is 0 Å². The highest BCUT2D eigenvalue weighted by molar-refractivity contribution is 5.91. The quantitative estimate of drug-likeness (QED) is 0.742. The molecule has 1 saturated carbocycles. The monoisotopic (exact) mass is 287 g/mol. The SMILES string of the molecule is O=C(O)c1cc2c(cc1O)[C@@]13CCCC[C@H]1[C@@H](C2)NCC3. The number of aromatic hydroxyl groups is 1. The largest absolute Gasteiger partial charge is 0.507 e. The Morgan fingerprint density at radius 1 is 1.29 bits per heavy atom. The van der Waals surface area contributed by atoms with Crippen molar-refractivity contribution in [3.05, 3.63) is 28.8 Å². The van der Waals surface area contributed by atoms with Crippen molar-refractivity contribution in [2.45, 2.75) is 50.0 Å². The Hall–Kier alpha value is -1.55. The summed E-state index contributed by atoms with van der Waals surface area (Å²) in [5, 5.41) is 23.0. The fourth-order valence-corrected chi connectivity index (χ4v) is 5.14. The molecule has 21 heavy (non-hydrogen) atoms. The normalized spacial score (nSPS) is 33.9. The van der Waals surface area contributed by atoms with Crippen LogP contribution in [0, 0.1) is 5.92 Å². The molecule has 2 aliphatic carbocycles. The molecule has 0 radical (unpaired) electrons. The highest BCUT2D eigenvalue weighted by atomic mass is 16.4. The fourth-order valence-electron chi connectivity index (χ4n) is 5.14. The maximum Gasteiger partial charge on any atom is 0.339 e. The first-order valence-electron chi connectivity index (χ1n) is 7.95. The van der Waals surface area contributed by atoms with Crippen LogP contribution in [0.25, 0.3) is 0 Å². The number of nitrogens with one attached hydrogen (secondary N) is 1. The van der Waals surface area contributed by atoms with Crippen molar-refractivity contribution in [1.82, 2.24) is 5.32 Å². The number of rotatable bonds is 1. The van der Waals surface area contributed by atoms with Crippen LogP contribution in [-0.4, -0.2) is 28.8 Å². The average molecular weight is 287 g/mol. The van der Waals surface area contributed by atoms with Gasteiger partial charge in [0.15, 0.2) is 0 Å². The van der Waals surface area contributed by atoms with Gasteiger partial charge in [0.25, 0.3) is 0 Å². The first-order valence-corrected chi connectivity index (χ1v) is 7.95. The molecule has 4 rings (SSSR count). The lowest BCUT2D eigenvalue weighted by Gasteiger charge is -2.56. The maximum atomic E-state index is 11.3. The molecule has 4 nitrogen and oxygen atoms in total. The van der Waals surface area contributed by atoms with Gasteiger partial charge in [-0.1, -0.05) is 12.8 Å². The number of carboxylic acids is 1. The van der Waals surface area contributed by atoms with Gasteiger partial charge in [0.05, 0.1) is 0 Å². The third-order valence-corrected chi connectivity index (χ3v) is 5.99. The number of phenols is 1. The molecule has 1 aromatic carbocycles. The van der Waals surface area contributed by atoms with Crippen molar-refractivity contribution < 1.29 is 15.0 Å². The molecular formula is C17H21NO3. The van der Waals surface area contributed by atoms with E-state index in [2.05, 4.69) is 5.32 Å². The molecule has 1 saturated heterocycles. The lowest BCUT2D eigenvalue weighted by molar-refractivity contribution is 0.0688. The molecule has 4 heteroatoms. The average Bonchev–Trinajstić information content (AvgIpc) is 2.47. The lowest BCUT2D eigenvalue weighted by atomic mass is 9.52. The Labute approximate surface area is 124 Å². The third kappa shape index (κ3) is 1.75. The third-order valence-electron chi connectivity index (χ3n) is 5.99. The summed E-state index contributed by atoms with van der Waals surface area (Å²) in [7, 11) is 0. The van der Waals surface area contributed by atoms with Crippen molar-refractivity contribution in [3.8, 4) is 5.75 Å². The van der Waals surface area contributed by atoms with Gasteiger partial charge in [-0.25, -0.2) is 4.79 Å². The van der Waals surface area contributed by atoms with Crippen molar-refractivity contribution >= 4 is 5.97 Å². The smallest absolute Gasteiger partial charge is 0.339 e. The van der Waals surface area contributed by atoms with Crippen molar-refractivity contribution in [2.24, 2.45) is 5.92 Å². The number of carboxylic acid groups (broad SMARTS) is 1. The van der Waals surface area contributed by atoms with Crippen LogP contribution in [0.4, 0.5) is 0 Å². The number of hydrogen-bond donors (Lipinski definition) is 3. The molecule has 112 valence electrons. The Morgan fingerprint density at radius 3 is 2.95 bits per heavy atom. The lowest BCUT2D eigenvalue weighted by Crippen LogP contribution is -2.59. The van der Waals surface area contributed by atoms with E-state index in [0.29, 0.717) is 12.0 Å². The number of aromatic carboxylic acids is 1. The van der Waals surface area contributed by atoms with Gasteiger partial charge in [0.1, 0.15) is 11.3 Å². The van der Waals surface area contributed by atoms with Crippen LogP contribution in [0.3, 0.4) is 0 Å². The second-order valence-corrected chi connectivity index (χ2v) is 6.85. The van der Waals surface area contributed by atoms with Gasteiger partial charge in [-0.05, 0) is 61.4 Å². The van der Waals surface area contributed by atoms with E-state index < -0.39 is 5.97 Å². The molecule has 3 atom stereocenters. The molecule has 0 spiro atoms. The molecule has 0 unspecified atom stereocenters. The van der Waals surface area contributed by atoms with Crippen molar-refractivity contribution in [3.63, 3.8) is 0 Å². The Balaban J connectivity index is 1.90. The molecule has 0 aromatic heterocycles. The van der Waals surface area contributed by atoms with Crippen LogP contribution in [-0.2, 0) is 11.8 Å². The van der Waals surface area contributed by atoms with E-state index in [1.54, 1.807) is 12.1 Å². The summed E-state index contributed by atoms with van der Waals surface area (Å²) < 4.78 is 0. The van der Waals surface area contributed by atoms with Gasteiger partial charge in [0.2, 0.25) is 0 Å². The number of fused-ring (bicyclic) bond motifs is 1. The first-order chi connectivity index (χ1) is 10.1. The molecule has 1 aliphatic heterocycles. The Kier molecular flexibility index (Phi) is 2.80. The second kappa shape index (κ2) is 4.47. The second-order valence-electron chi connectivity index (χ2n) is 6.85. The molecule has 3 aliphatic rings. The van der Waals surface area contributed by atoms with Crippen molar-refractivity contribution in [2.75, 3.05) is 6.54 Å². The van der Waals surface area contributed by atoms with Crippen LogP contribution in [0.5, 0.6) is 5.75 Å². The summed E-state index contributed by atoms with van der Waals surface area (Å²) >= 11 is 0. The predicted molar refractivity (Wildman–Crippen MR) is 78.8 cm³/mol. The number of piperidine rings is 1. The maximum absolute atomic E-state index is 11.3. The number of hydrogen-bond acceptors (Lipinski definition) is 3. The molecule has 0 amide bonds. The van der Waals surface area contributed by atoms with E-state index in [1.807, 2.05) is 0 Å². The zero-order valence-electron chi connectivity index (χ0n) is 12.1. The van der Waals surface area contributed by atoms with Gasteiger partial charge in [-0.15, -0.1) is 0 Å². The number of carbonyl (C=O) groups is 1. The van der Waals surface area contributed by atoms with Gasteiger partial charge in [-0.2, -0.15) is 0 Å². The Morgan fingerprint density at radius 2 is 2.14 bits per heavy atom. The highest BCUT2D eigenvalue weighted by Gasteiger charge is 2.51. The first kappa shape index (κ1) is 13.1. The fraction of sp³-hybridized carbons (Fsp3) is 0.588. The van der Waals surface area contributed by atoms with Gasteiger partial charge < -0.3 is 15.5 Å². The molecular weight excluding hydrogens is 266 g/mol. The molecule has 1 aromatic rings. The zero-order valence-corrected chi connectivity index (χ0v) is 12.1. The minimum absolute atomic E-state index is 0.0393. The summed E-state index contributed by atoms with van der Waals surface area (Å²) in [6, 6.07) is 3.94. The summed E-state index contributed by atoms with van der Waals surface area (Å²) in [5.41, 5.74) is 2.56. The topological polar surface area (TPSA) is 69.6 Å². The minimum atomic E-state index is -1.04. The van der Waals surface area contributed by atoms with Crippen LogP contribution in [0.15, 0.2) is 12.1 Å². The summed E-state index contributed by atoms with van der Waals surface area (Å²) in [6.07, 6.45) is 6.95. The zero-order chi connectivity index (χ0) is 14.6. The minimum Gasteiger partial charge on any atom is -0.507 e. The van der Waals surface area contributed by atoms with E-state index in [4.69, 9.17) is 0 Å². The predicted octanol–water partition coefficient (Wildman–Crippen LogP) is 2.44. The summed E-state index contributed by atoms with van der Waals surface area (Å²) in [4.78, 5) is 11.3. The van der Waals surface area contributed by atoms with E-state index in [0.717, 1.165) is 24.9 Å². The molecule has 1 heterocycles. The van der Waals surface area contributed by atoms with Gasteiger partial charge >= 0.3 is 5.97 Å². The van der Waals surface area contributed by atoms with Crippen LogP contribution < -0.4 is 5.32 Å². The van der Waals surface area contributed by atoms with E-state index in [-0.39, 0.29) is 16.7 Å². The standard InChI is InChI=1S/C17H21NO3/c19-15-9-13-10(7-11(15)16(20)21)8-14-12-3-1-2-4-17(12,13)5-6-18-14/h7,9,12,14,18-19H,1-6,8H2,(H,20,21)/t12-,14+,17+/m0/s1. The highest BCUT2D eigenvalue weighted by Crippen LogP contribution is 2.54. The van der Waals surface area contributed by atoms with Crippen LogP contribution >= 0.6 is 0 Å². The van der Waals surface area contributed by atoms with Gasteiger partial charge in [-0.3, -0.25) is 0 Å². The van der Waals surface area contributed by atoms with E-state index >= 15 is 0 Å². The molecule has 2 bridgehead atoms. The van der Waals surface area contributed by atoms with E-state index in [1.165, 1.54) is 31.2 Å². The van der Waals surface area contributed by atoms with Gasteiger partial charge in [0, 0.05) is 11.5 Å². The summed E-state index contributed by atoms with van der Waals surface area (Å²) in [5.74, 6) is -0.476.